The monoisotopic (exact) mass is 305 g/mol. The molecule has 5 nitrogen and oxygen atoms in total. The second-order valence-corrected chi connectivity index (χ2v) is 4.90. The number of pyridine rings is 1. The molecule has 23 heavy (non-hydrogen) atoms. The molecule has 114 valence electrons. The van der Waals surface area contributed by atoms with E-state index in [0.29, 0.717) is 11.3 Å². The fraction of sp³-hybridized carbons (Fsp3) is 0.111. The summed E-state index contributed by atoms with van der Waals surface area (Å²) in [7, 11) is 3.21. The van der Waals surface area contributed by atoms with Crippen molar-refractivity contribution in [3.8, 4) is 17.6 Å². The lowest BCUT2D eigenvalue weighted by molar-refractivity contribution is 0.413. The minimum atomic E-state index is 0.524. The molecule has 0 spiro atoms. The van der Waals surface area contributed by atoms with Crippen molar-refractivity contribution in [3.05, 3.63) is 54.0 Å². The van der Waals surface area contributed by atoms with Crippen LogP contribution in [0.25, 0.3) is 22.6 Å². The second kappa shape index (κ2) is 6.24. The summed E-state index contributed by atoms with van der Waals surface area (Å²) >= 11 is 0. The van der Waals surface area contributed by atoms with Crippen LogP contribution >= 0.6 is 0 Å². The molecular weight excluding hydrogens is 290 g/mol. The molecule has 2 heterocycles. The average Bonchev–Trinajstić information content (AvgIpc) is 3.02. The smallest absolute Gasteiger partial charge is 0.129 e. The van der Waals surface area contributed by atoms with E-state index in [1.165, 1.54) is 0 Å². The molecule has 0 atom stereocenters. The molecule has 0 fully saturated rings. The summed E-state index contributed by atoms with van der Waals surface area (Å²) in [6, 6.07) is 9.73. The lowest BCUT2D eigenvalue weighted by Gasteiger charge is -2.05. The zero-order chi connectivity index (χ0) is 16.2. The van der Waals surface area contributed by atoms with E-state index in [9.17, 15) is 5.26 Å². The number of ether oxygens (including phenoxy) is 2. The standard InChI is InChI=1S/C18H15N3O2/c1-22-14-3-4-17-15(8-14)16(11-21-17)12(9-19)7-13-10-20-6-5-18(13)23-2/h3-8,10-11,21H,1-2H3/b12-7+. The second-order valence-electron chi connectivity index (χ2n) is 4.90. The SMILES string of the molecule is COc1ccc2[nH]cc(/C(C#N)=C/c3cnccc3OC)c2c1. The van der Waals surface area contributed by atoms with Gasteiger partial charge in [-0.1, -0.05) is 0 Å². The molecule has 2 aromatic heterocycles. The molecule has 1 N–H and O–H groups in total. The molecule has 5 heteroatoms. The number of rotatable bonds is 4. The maximum Gasteiger partial charge on any atom is 0.129 e. The summed E-state index contributed by atoms with van der Waals surface area (Å²) in [6.07, 6.45) is 6.92. The van der Waals surface area contributed by atoms with Crippen molar-refractivity contribution in [2.24, 2.45) is 0 Å². The summed E-state index contributed by atoms with van der Waals surface area (Å²) < 4.78 is 10.6. The molecule has 0 bridgehead atoms. The zero-order valence-corrected chi connectivity index (χ0v) is 12.8. The van der Waals surface area contributed by atoms with Crippen LogP contribution in [-0.4, -0.2) is 24.2 Å². The first-order valence-electron chi connectivity index (χ1n) is 7.02. The summed E-state index contributed by atoms with van der Waals surface area (Å²) in [5.74, 6) is 1.42. The highest BCUT2D eigenvalue weighted by Crippen LogP contribution is 2.30. The van der Waals surface area contributed by atoms with E-state index in [2.05, 4.69) is 16.0 Å². The number of hydrogen-bond donors (Lipinski definition) is 1. The first kappa shape index (κ1) is 14.7. The highest BCUT2D eigenvalue weighted by atomic mass is 16.5. The van der Waals surface area contributed by atoms with Gasteiger partial charge in [-0.2, -0.15) is 5.26 Å². The first-order valence-corrected chi connectivity index (χ1v) is 7.02. The summed E-state index contributed by atoms with van der Waals surface area (Å²) in [4.78, 5) is 7.26. The Kier molecular flexibility index (Phi) is 3.98. The minimum absolute atomic E-state index is 0.524. The fourth-order valence-electron chi connectivity index (χ4n) is 2.46. The third-order valence-corrected chi connectivity index (χ3v) is 3.63. The van der Waals surface area contributed by atoms with Crippen LogP contribution in [0, 0.1) is 11.3 Å². The van der Waals surface area contributed by atoms with Crippen molar-refractivity contribution >= 4 is 22.6 Å². The molecule has 0 unspecified atom stereocenters. The molecule has 0 aliphatic rings. The van der Waals surface area contributed by atoms with Gasteiger partial charge in [-0.3, -0.25) is 4.98 Å². The van der Waals surface area contributed by atoms with E-state index in [1.54, 1.807) is 38.8 Å². The number of hydrogen-bond acceptors (Lipinski definition) is 4. The van der Waals surface area contributed by atoms with Gasteiger partial charge in [0.1, 0.15) is 11.5 Å². The molecule has 0 saturated carbocycles. The quantitative estimate of drug-likeness (QED) is 0.747. The van der Waals surface area contributed by atoms with E-state index in [1.807, 2.05) is 24.4 Å². The highest BCUT2D eigenvalue weighted by Gasteiger charge is 2.11. The first-order chi connectivity index (χ1) is 11.3. The van der Waals surface area contributed by atoms with Crippen LogP contribution in [0.2, 0.25) is 0 Å². The van der Waals surface area contributed by atoms with Crippen LogP contribution < -0.4 is 9.47 Å². The molecule has 0 aliphatic heterocycles. The lowest BCUT2D eigenvalue weighted by Crippen LogP contribution is -1.89. The molecule has 1 aromatic carbocycles. The Morgan fingerprint density at radius 2 is 2.13 bits per heavy atom. The van der Waals surface area contributed by atoms with Crippen LogP contribution in [0.1, 0.15) is 11.1 Å². The topological polar surface area (TPSA) is 70.9 Å². The van der Waals surface area contributed by atoms with Crippen molar-refractivity contribution in [1.82, 2.24) is 9.97 Å². The van der Waals surface area contributed by atoms with E-state index in [4.69, 9.17) is 9.47 Å². The van der Waals surface area contributed by atoms with Gasteiger partial charge in [-0.05, 0) is 30.3 Å². The normalized spacial score (nSPS) is 11.3. The molecule has 3 aromatic rings. The van der Waals surface area contributed by atoms with Gasteiger partial charge in [-0.15, -0.1) is 0 Å². The van der Waals surface area contributed by atoms with E-state index >= 15 is 0 Å². The van der Waals surface area contributed by atoms with Crippen molar-refractivity contribution < 1.29 is 9.47 Å². The number of nitriles is 1. The third-order valence-electron chi connectivity index (χ3n) is 3.63. The van der Waals surface area contributed by atoms with Crippen molar-refractivity contribution in [2.75, 3.05) is 14.2 Å². The van der Waals surface area contributed by atoms with Gasteiger partial charge in [-0.25, -0.2) is 0 Å². The van der Waals surface area contributed by atoms with Crippen LogP contribution in [0.5, 0.6) is 11.5 Å². The predicted octanol–water partition coefficient (Wildman–Crippen LogP) is 3.64. The highest BCUT2D eigenvalue weighted by molar-refractivity contribution is 6.01. The number of benzene rings is 1. The van der Waals surface area contributed by atoms with Crippen molar-refractivity contribution in [1.29, 1.82) is 5.26 Å². The Bertz CT molecular complexity index is 919. The summed E-state index contributed by atoms with van der Waals surface area (Å²) in [6.45, 7) is 0. The number of aromatic amines is 1. The molecule has 0 amide bonds. The maximum absolute atomic E-state index is 9.58. The molecule has 0 saturated heterocycles. The van der Waals surface area contributed by atoms with Gasteiger partial charge in [0, 0.05) is 40.6 Å². The van der Waals surface area contributed by atoms with Gasteiger partial charge in [0.05, 0.1) is 25.9 Å². The molecule has 0 aliphatic carbocycles. The van der Waals surface area contributed by atoms with Crippen LogP contribution in [0.15, 0.2) is 42.9 Å². The predicted molar refractivity (Wildman–Crippen MR) is 89.1 cm³/mol. The Hall–Kier alpha value is -3.26. The zero-order valence-electron chi connectivity index (χ0n) is 12.8. The van der Waals surface area contributed by atoms with Gasteiger partial charge in [0.25, 0.3) is 0 Å². The average molecular weight is 305 g/mol. The largest absolute Gasteiger partial charge is 0.497 e. The molecular formula is C18H15N3O2. The minimum Gasteiger partial charge on any atom is -0.497 e. The van der Waals surface area contributed by atoms with Crippen molar-refractivity contribution in [2.45, 2.75) is 0 Å². The summed E-state index contributed by atoms with van der Waals surface area (Å²) in [5.41, 5.74) is 3.03. The Morgan fingerprint density at radius 1 is 1.26 bits per heavy atom. The van der Waals surface area contributed by atoms with Gasteiger partial charge in [0.2, 0.25) is 0 Å². The lowest BCUT2D eigenvalue weighted by atomic mass is 10.0. The Balaban J connectivity index is 2.15. The van der Waals surface area contributed by atoms with Gasteiger partial charge < -0.3 is 14.5 Å². The number of methoxy groups -OCH3 is 2. The van der Waals surface area contributed by atoms with Crippen LogP contribution in [-0.2, 0) is 0 Å². The van der Waals surface area contributed by atoms with E-state index in [-0.39, 0.29) is 0 Å². The fourth-order valence-corrected chi connectivity index (χ4v) is 2.46. The Morgan fingerprint density at radius 3 is 2.87 bits per heavy atom. The van der Waals surface area contributed by atoms with E-state index in [0.717, 1.165) is 27.8 Å². The third kappa shape index (κ3) is 2.74. The van der Waals surface area contributed by atoms with E-state index < -0.39 is 0 Å². The van der Waals surface area contributed by atoms with Crippen LogP contribution in [0.3, 0.4) is 0 Å². The van der Waals surface area contributed by atoms with Gasteiger partial charge >= 0.3 is 0 Å². The number of allylic oxidation sites excluding steroid dienone is 1. The van der Waals surface area contributed by atoms with Gasteiger partial charge in [0.15, 0.2) is 0 Å². The molecule has 3 rings (SSSR count). The number of aromatic nitrogens is 2. The number of fused-ring (bicyclic) bond motifs is 1. The van der Waals surface area contributed by atoms with Crippen molar-refractivity contribution in [3.63, 3.8) is 0 Å². The Labute approximate surface area is 133 Å². The number of nitrogens with zero attached hydrogens (tertiary/aromatic N) is 2. The number of H-pyrrole nitrogens is 1. The summed E-state index contributed by atoms with van der Waals surface area (Å²) in [5, 5.41) is 10.5. The number of nitrogens with one attached hydrogen (secondary N) is 1. The van der Waals surface area contributed by atoms with Crippen LogP contribution in [0.4, 0.5) is 0 Å². The molecule has 0 radical (unpaired) electrons. The maximum atomic E-state index is 9.58.